The highest BCUT2D eigenvalue weighted by Gasteiger charge is 2.31. The van der Waals surface area contributed by atoms with E-state index in [2.05, 4.69) is 10.6 Å². The third-order valence-electron chi connectivity index (χ3n) is 4.65. The van der Waals surface area contributed by atoms with Crippen molar-refractivity contribution in [2.75, 3.05) is 0 Å². The van der Waals surface area contributed by atoms with E-state index in [-0.39, 0.29) is 12.8 Å². The minimum atomic E-state index is -1.74. The molecule has 0 aromatic carbocycles. The molecule has 13 N–H and O–H groups in total. The van der Waals surface area contributed by atoms with Gasteiger partial charge in [-0.3, -0.25) is 33.6 Å². The van der Waals surface area contributed by atoms with Crippen LogP contribution in [0.1, 0.15) is 44.9 Å². The van der Waals surface area contributed by atoms with Crippen LogP contribution >= 0.6 is 0 Å². The van der Waals surface area contributed by atoms with Gasteiger partial charge in [-0.2, -0.15) is 0 Å². The lowest BCUT2D eigenvalue weighted by atomic mass is 10.1. The van der Waals surface area contributed by atoms with Gasteiger partial charge in [0.1, 0.15) is 18.1 Å². The average Bonchev–Trinajstić information content (AvgIpc) is 2.75. The molecule has 0 aliphatic carbocycles. The van der Waals surface area contributed by atoms with Crippen molar-refractivity contribution in [2.45, 2.75) is 69.1 Å². The summed E-state index contributed by atoms with van der Waals surface area (Å²) >= 11 is 0. The molecule has 17 nitrogen and oxygen atoms in total. The monoisotopic (exact) mass is 517 g/mol. The third-order valence-corrected chi connectivity index (χ3v) is 4.65. The molecule has 36 heavy (non-hydrogen) atoms. The fourth-order valence-corrected chi connectivity index (χ4v) is 2.75. The first kappa shape index (κ1) is 31.7. The van der Waals surface area contributed by atoms with Crippen LogP contribution in [0.2, 0.25) is 0 Å². The van der Waals surface area contributed by atoms with Crippen molar-refractivity contribution < 1.29 is 48.6 Å². The number of nitrogens with one attached hydrogen (secondary N) is 3. The van der Waals surface area contributed by atoms with Crippen molar-refractivity contribution >= 4 is 47.4 Å². The van der Waals surface area contributed by atoms with E-state index >= 15 is 0 Å². The highest BCUT2D eigenvalue weighted by atomic mass is 16.4. The zero-order chi connectivity index (χ0) is 28.0. The molecular formula is C19H31N7O10. The maximum Gasteiger partial charge on any atom is 0.326 e. The maximum atomic E-state index is 12.8. The summed E-state index contributed by atoms with van der Waals surface area (Å²) in [5, 5.41) is 24.5. The third kappa shape index (κ3) is 13.4. The number of carboxylic acid groups (broad SMARTS) is 2. The molecule has 6 amide bonds. The van der Waals surface area contributed by atoms with Gasteiger partial charge in [-0.25, -0.2) is 4.79 Å². The SMILES string of the molecule is NC(=O)CCC(N)C(=O)NC(CCC(=O)O)C(=O)NC(CCC(N)=O)C(=O)NC(CC(N)=O)C(=O)O. The van der Waals surface area contributed by atoms with E-state index in [0.717, 1.165) is 0 Å². The molecule has 0 bridgehead atoms. The van der Waals surface area contributed by atoms with Gasteiger partial charge in [-0.1, -0.05) is 0 Å². The van der Waals surface area contributed by atoms with Crippen LogP contribution < -0.4 is 38.9 Å². The van der Waals surface area contributed by atoms with E-state index < -0.39 is 104 Å². The number of carboxylic acids is 2. The summed E-state index contributed by atoms with van der Waals surface area (Å²) in [7, 11) is 0. The van der Waals surface area contributed by atoms with Crippen molar-refractivity contribution in [3.63, 3.8) is 0 Å². The minimum Gasteiger partial charge on any atom is -0.481 e. The molecule has 0 fully saturated rings. The Hall–Kier alpha value is -4.28. The molecule has 4 unspecified atom stereocenters. The van der Waals surface area contributed by atoms with Gasteiger partial charge >= 0.3 is 11.9 Å². The summed E-state index contributed by atoms with van der Waals surface area (Å²) in [5.41, 5.74) is 20.7. The number of nitrogens with two attached hydrogens (primary N) is 4. The first-order chi connectivity index (χ1) is 16.6. The molecule has 0 saturated heterocycles. The van der Waals surface area contributed by atoms with Crippen LogP contribution in [-0.4, -0.2) is 81.8 Å². The van der Waals surface area contributed by atoms with Crippen molar-refractivity contribution in [1.82, 2.24) is 16.0 Å². The van der Waals surface area contributed by atoms with Crippen molar-refractivity contribution in [3.8, 4) is 0 Å². The highest BCUT2D eigenvalue weighted by Crippen LogP contribution is 2.05. The standard InChI is InChI=1S/C19H31N7O10/c20-8(1-4-12(21)27)16(32)24-10(3-6-15(30)31)17(33)25-9(2-5-13(22)28)18(34)26-11(19(35)36)7-14(23)29/h8-11H,1-7,20H2,(H2,21,27)(H2,22,28)(H2,23,29)(H,24,32)(H,25,33)(H,26,34)(H,30,31)(H,35,36). The number of aliphatic carboxylic acids is 2. The quantitative estimate of drug-likeness (QED) is 0.0829. The number of carbonyl (C=O) groups is 8. The normalized spacial score (nSPS) is 13.8. The largest absolute Gasteiger partial charge is 0.481 e. The van der Waals surface area contributed by atoms with Crippen LogP contribution in [0, 0.1) is 0 Å². The van der Waals surface area contributed by atoms with Crippen LogP contribution in [0.4, 0.5) is 0 Å². The molecule has 0 aliphatic rings. The molecule has 0 rings (SSSR count). The minimum absolute atomic E-state index is 0.158. The second kappa shape index (κ2) is 15.6. The zero-order valence-electron chi connectivity index (χ0n) is 19.2. The first-order valence-electron chi connectivity index (χ1n) is 10.6. The van der Waals surface area contributed by atoms with E-state index in [9.17, 15) is 38.4 Å². The van der Waals surface area contributed by atoms with Crippen molar-refractivity contribution in [1.29, 1.82) is 0 Å². The molecule has 0 saturated carbocycles. The van der Waals surface area contributed by atoms with Gasteiger partial charge < -0.3 is 49.1 Å². The highest BCUT2D eigenvalue weighted by molar-refractivity contribution is 5.95. The Morgan fingerprint density at radius 2 is 1.00 bits per heavy atom. The lowest BCUT2D eigenvalue weighted by Crippen LogP contribution is -2.57. The number of hydrogen-bond donors (Lipinski definition) is 9. The molecule has 4 atom stereocenters. The van der Waals surface area contributed by atoms with Gasteiger partial charge in [0.2, 0.25) is 35.4 Å². The maximum absolute atomic E-state index is 12.8. The van der Waals surface area contributed by atoms with Gasteiger partial charge in [0, 0.05) is 19.3 Å². The zero-order valence-corrected chi connectivity index (χ0v) is 19.2. The number of rotatable bonds is 18. The van der Waals surface area contributed by atoms with E-state index in [1.165, 1.54) is 0 Å². The Kier molecular flexibility index (Phi) is 13.7. The predicted molar refractivity (Wildman–Crippen MR) is 119 cm³/mol. The molecule has 0 aromatic heterocycles. The number of hydrogen-bond acceptors (Lipinski definition) is 9. The van der Waals surface area contributed by atoms with E-state index in [4.69, 9.17) is 33.1 Å². The molecule has 0 aliphatic heterocycles. The van der Waals surface area contributed by atoms with Gasteiger partial charge in [0.25, 0.3) is 0 Å². The molecule has 17 heteroatoms. The Balaban J connectivity index is 5.64. The molecule has 202 valence electrons. The summed E-state index contributed by atoms with van der Waals surface area (Å²) in [6.07, 6.45) is -2.98. The topological polar surface area (TPSA) is 317 Å². The van der Waals surface area contributed by atoms with Crippen LogP contribution in [0.25, 0.3) is 0 Å². The summed E-state index contributed by atoms with van der Waals surface area (Å²) in [6, 6.07) is -6.09. The second-order valence-corrected chi connectivity index (χ2v) is 7.74. The van der Waals surface area contributed by atoms with E-state index in [1.807, 2.05) is 5.32 Å². The van der Waals surface area contributed by atoms with Crippen LogP contribution in [0.15, 0.2) is 0 Å². The summed E-state index contributed by atoms with van der Waals surface area (Å²) in [4.78, 5) is 93.1. The Morgan fingerprint density at radius 3 is 1.42 bits per heavy atom. The van der Waals surface area contributed by atoms with Crippen molar-refractivity contribution in [3.05, 3.63) is 0 Å². The Labute approximate surface area is 204 Å². The summed E-state index contributed by atoms with van der Waals surface area (Å²) < 4.78 is 0. The molecule has 0 spiro atoms. The van der Waals surface area contributed by atoms with E-state index in [1.54, 1.807) is 0 Å². The fraction of sp³-hybridized carbons (Fsp3) is 0.579. The summed E-state index contributed by atoms with van der Waals surface area (Å²) in [5.74, 6) is -8.60. The fourth-order valence-electron chi connectivity index (χ4n) is 2.75. The smallest absolute Gasteiger partial charge is 0.326 e. The van der Waals surface area contributed by atoms with Crippen LogP contribution in [0.3, 0.4) is 0 Å². The van der Waals surface area contributed by atoms with Crippen LogP contribution in [0.5, 0.6) is 0 Å². The van der Waals surface area contributed by atoms with Gasteiger partial charge in [0.05, 0.1) is 12.5 Å². The Bertz CT molecular complexity index is 879. The summed E-state index contributed by atoms with van der Waals surface area (Å²) in [6.45, 7) is 0. The predicted octanol–water partition coefficient (Wildman–Crippen LogP) is -4.88. The van der Waals surface area contributed by atoms with Gasteiger partial charge in [0.15, 0.2) is 0 Å². The number of carbonyl (C=O) groups excluding carboxylic acids is 6. The molecule has 0 radical (unpaired) electrons. The van der Waals surface area contributed by atoms with Crippen LogP contribution in [-0.2, 0) is 38.4 Å². The second-order valence-electron chi connectivity index (χ2n) is 7.74. The lowest BCUT2D eigenvalue weighted by molar-refractivity contribution is -0.144. The van der Waals surface area contributed by atoms with Gasteiger partial charge in [-0.15, -0.1) is 0 Å². The number of primary amides is 3. The van der Waals surface area contributed by atoms with E-state index in [0.29, 0.717) is 0 Å². The molecule has 0 aromatic rings. The molecular weight excluding hydrogens is 486 g/mol. The van der Waals surface area contributed by atoms with Crippen molar-refractivity contribution in [2.24, 2.45) is 22.9 Å². The first-order valence-corrected chi connectivity index (χ1v) is 10.6. The average molecular weight is 517 g/mol. The molecule has 0 heterocycles. The number of amides is 6. The lowest BCUT2D eigenvalue weighted by Gasteiger charge is -2.24. The Morgan fingerprint density at radius 1 is 0.583 bits per heavy atom. The van der Waals surface area contributed by atoms with Gasteiger partial charge in [-0.05, 0) is 19.3 Å².